The van der Waals surface area contributed by atoms with Crippen molar-refractivity contribution in [2.24, 2.45) is 22.7 Å². The molecule has 0 aromatic carbocycles. The van der Waals surface area contributed by atoms with Crippen LogP contribution in [0.5, 0.6) is 0 Å². The molecule has 162 valence electrons. The van der Waals surface area contributed by atoms with Crippen LogP contribution >= 0.6 is 0 Å². The highest BCUT2D eigenvalue weighted by Crippen LogP contribution is 2.66. The van der Waals surface area contributed by atoms with Crippen molar-refractivity contribution in [1.29, 1.82) is 0 Å². The molecule has 0 bridgehead atoms. The molecule has 0 unspecified atom stereocenters. The molecule has 1 aliphatic heterocycles. The van der Waals surface area contributed by atoms with Crippen LogP contribution in [0.15, 0.2) is 24.3 Å². The minimum absolute atomic E-state index is 0.0827. The maximum atomic E-state index is 12.5. The lowest BCUT2D eigenvalue weighted by Crippen LogP contribution is -2.65. The fourth-order valence-electron chi connectivity index (χ4n) is 5.95. The number of hydrogen-bond acceptors (Lipinski definition) is 7. The standard InChI is InChI=1S/C22H32O7/c1-7-21(6,27)17-18(28-13(4)23)22(19(26)29-17)12(3)15(25)10-20(5)11(2)8-14(24)9-16(20)22/h7-8,12,15-19,25-27H,1,9-10H2,2-6H3/t12-,15-,16+,17-,18+,19+,20+,21+,22+/m0/s1. The highest BCUT2D eigenvalue weighted by molar-refractivity contribution is 5.92. The summed E-state index contributed by atoms with van der Waals surface area (Å²) < 4.78 is 11.5. The van der Waals surface area contributed by atoms with Crippen molar-refractivity contribution in [2.75, 3.05) is 0 Å². The molecule has 9 atom stereocenters. The van der Waals surface area contributed by atoms with Gasteiger partial charge in [-0.2, -0.15) is 0 Å². The Bertz CT molecular complexity index is 756. The van der Waals surface area contributed by atoms with Gasteiger partial charge in [0.05, 0.1) is 11.5 Å². The Morgan fingerprint density at radius 1 is 1.45 bits per heavy atom. The summed E-state index contributed by atoms with van der Waals surface area (Å²) in [4.78, 5) is 24.6. The van der Waals surface area contributed by atoms with Crippen LogP contribution in [0.25, 0.3) is 0 Å². The molecule has 7 heteroatoms. The summed E-state index contributed by atoms with van der Waals surface area (Å²) in [5.74, 6) is -1.68. The minimum atomic E-state index is -1.60. The van der Waals surface area contributed by atoms with E-state index in [0.29, 0.717) is 6.42 Å². The number of fused-ring (bicyclic) bond motifs is 2. The van der Waals surface area contributed by atoms with Gasteiger partial charge in [-0.3, -0.25) is 9.59 Å². The summed E-state index contributed by atoms with van der Waals surface area (Å²) in [6.07, 6.45) is -1.03. The number of aliphatic hydroxyl groups excluding tert-OH is 2. The number of ketones is 1. The number of hydrogen-bond donors (Lipinski definition) is 3. The van der Waals surface area contributed by atoms with Crippen LogP contribution in [0.1, 0.15) is 47.5 Å². The second kappa shape index (κ2) is 7.01. The third kappa shape index (κ3) is 3.02. The molecule has 0 radical (unpaired) electrons. The van der Waals surface area contributed by atoms with Crippen molar-refractivity contribution >= 4 is 11.8 Å². The zero-order chi connectivity index (χ0) is 21.9. The van der Waals surface area contributed by atoms with Crippen LogP contribution in [0, 0.1) is 22.7 Å². The fourth-order valence-corrected chi connectivity index (χ4v) is 5.95. The number of allylic oxidation sites excluding steroid dienone is 2. The van der Waals surface area contributed by atoms with Crippen LogP contribution in [0.4, 0.5) is 0 Å². The average molecular weight is 408 g/mol. The van der Waals surface area contributed by atoms with Crippen molar-refractivity contribution in [3.8, 4) is 0 Å². The molecule has 1 spiro atoms. The molecule has 29 heavy (non-hydrogen) atoms. The third-order valence-corrected chi connectivity index (χ3v) is 7.81. The maximum absolute atomic E-state index is 12.5. The summed E-state index contributed by atoms with van der Waals surface area (Å²) in [6.45, 7) is 11.9. The van der Waals surface area contributed by atoms with Gasteiger partial charge in [-0.1, -0.05) is 25.5 Å². The zero-order valence-corrected chi connectivity index (χ0v) is 17.7. The van der Waals surface area contributed by atoms with E-state index in [4.69, 9.17) is 9.47 Å². The van der Waals surface area contributed by atoms with E-state index in [1.54, 1.807) is 13.0 Å². The summed E-state index contributed by atoms with van der Waals surface area (Å²) >= 11 is 0. The molecule has 1 heterocycles. The normalized spacial score (nSPS) is 46.6. The quantitative estimate of drug-likeness (QED) is 0.479. The Kier molecular flexibility index (Phi) is 5.36. The predicted molar refractivity (Wildman–Crippen MR) is 104 cm³/mol. The van der Waals surface area contributed by atoms with Crippen molar-refractivity contribution in [2.45, 2.75) is 77.7 Å². The molecule has 3 aliphatic rings. The van der Waals surface area contributed by atoms with Gasteiger partial charge in [0.2, 0.25) is 0 Å². The lowest BCUT2D eigenvalue weighted by Gasteiger charge is -2.60. The van der Waals surface area contributed by atoms with E-state index in [9.17, 15) is 24.9 Å². The number of ether oxygens (including phenoxy) is 2. The molecule has 2 fully saturated rings. The van der Waals surface area contributed by atoms with E-state index in [2.05, 4.69) is 6.58 Å². The molecule has 7 nitrogen and oxygen atoms in total. The second-order valence-corrected chi connectivity index (χ2v) is 9.40. The predicted octanol–water partition coefficient (Wildman–Crippen LogP) is 1.50. The zero-order valence-electron chi connectivity index (χ0n) is 17.7. The topological polar surface area (TPSA) is 113 Å². The first-order chi connectivity index (χ1) is 13.3. The third-order valence-electron chi connectivity index (χ3n) is 7.81. The number of esters is 1. The van der Waals surface area contributed by atoms with Crippen LogP contribution < -0.4 is 0 Å². The molecule has 0 amide bonds. The monoisotopic (exact) mass is 408 g/mol. The van der Waals surface area contributed by atoms with Crippen LogP contribution in [0.2, 0.25) is 0 Å². The molecule has 1 saturated heterocycles. The van der Waals surface area contributed by atoms with Gasteiger partial charge in [0.25, 0.3) is 0 Å². The van der Waals surface area contributed by atoms with E-state index < -0.39 is 58.8 Å². The maximum Gasteiger partial charge on any atom is 0.303 e. The first-order valence-corrected chi connectivity index (χ1v) is 10.1. The molecule has 3 rings (SSSR count). The van der Waals surface area contributed by atoms with Crippen molar-refractivity contribution in [3.63, 3.8) is 0 Å². The lowest BCUT2D eigenvalue weighted by molar-refractivity contribution is -0.234. The minimum Gasteiger partial charge on any atom is -0.459 e. The number of rotatable bonds is 3. The highest BCUT2D eigenvalue weighted by Gasteiger charge is 2.73. The number of carbonyl (C=O) groups is 2. The average Bonchev–Trinajstić information content (AvgIpc) is 2.89. The van der Waals surface area contributed by atoms with Gasteiger partial charge in [0.1, 0.15) is 17.8 Å². The molecular formula is C22H32O7. The highest BCUT2D eigenvalue weighted by atomic mass is 16.7. The molecule has 2 aliphatic carbocycles. The summed E-state index contributed by atoms with van der Waals surface area (Å²) in [5.41, 5.74) is -2.66. The Labute approximate surface area is 171 Å². The molecular weight excluding hydrogens is 376 g/mol. The SMILES string of the molecule is C=C[C@@](C)(O)[C@H]1O[C@@H](O)[C@]2([C@@H]1OC(C)=O)[C@@H](C)[C@@H](O)C[C@]1(C)C(C)=CC(=O)C[C@@H]21. The second-order valence-electron chi connectivity index (χ2n) is 9.40. The summed E-state index contributed by atoms with van der Waals surface area (Å²) in [7, 11) is 0. The molecule has 0 aromatic rings. The lowest BCUT2D eigenvalue weighted by atomic mass is 9.44. The Morgan fingerprint density at radius 2 is 2.07 bits per heavy atom. The van der Waals surface area contributed by atoms with Crippen molar-refractivity contribution < 1.29 is 34.4 Å². The largest absolute Gasteiger partial charge is 0.459 e. The first-order valence-electron chi connectivity index (χ1n) is 10.1. The Hall–Kier alpha value is -1.54. The fraction of sp³-hybridized carbons (Fsp3) is 0.727. The van der Waals surface area contributed by atoms with E-state index in [0.717, 1.165) is 5.57 Å². The molecule has 1 saturated carbocycles. The summed E-state index contributed by atoms with van der Waals surface area (Å²) in [6, 6.07) is 0. The molecule has 3 N–H and O–H groups in total. The van der Waals surface area contributed by atoms with Crippen LogP contribution in [0.3, 0.4) is 0 Å². The molecule has 0 aromatic heterocycles. The van der Waals surface area contributed by atoms with E-state index >= 15 is 0 Å². The van der Waals surface area contributed by atoms with Gasteiger partial charge < -0.3 is 24.8 Å². The van der Waals surface area contributed by atoms with Crippen molar-refractivity contribution in [1.82, 2.24) is 0 Å². The van der Waals surface area contributed by atoms with Crippen LogP contribution in [-0.2, 0) is 19.1 Å². The van der Waals surface area contributed by atoms with E-state index in [1.807, 2.05) is 13.8 Å². The van der Waals surface area contributed by atoms with Gasteiger partial charge in [-0.05, 0) is 43.6 Å². The van der Waals surface area contributed by atoms with Crippen LogP contribution in [-0.4, -0.2) is 57.3 Å². The van der Waals surface area contributed by atoms with Gasteiger partial charge in [0.15, 0.2) is 12.1 Å². The van der Waals surface area contributed by atoms with Gasteiger partial charge in [0, 0.05) is 13.3 Å². The first kappa shape index (κ1) is 22.2. The van der Waals surface area contributed by atoms with Gasteiger partial charge >= 0.3 is 5.97 Å². The Balaban J connectivity index is 2.26. The van der Waals surface area contributed by atoms with E-state index in [-0.39, 0.29) is 12.2 Å². The van der Waals surface area contributed by atoms with E-state index in [1.165, 1.54) is 19.9 Å². The van der Waals surface area contributed by atoms with Crippen molar-refractivity contribution in [3.05, 3.63) is 24.3 Å². The smallest absolute Gasteiger partial charge is 0.303 e. The number of aliphatic hydroxyl groups is 3. The Morgan fingerprint density at radius 3 is 2.62 bits per heavy atom. The number of carbonyl (C=O) groups excluding carboxylic acids is 2. The summed E-state index contributed by atoms with van der Waals surface area (Å²) in [5, 5.41) is 33.1. The van der Waals surface area contributed by atoms with Gasteiger partial charge in [-0.15, -0.1) is 6.58 Å². The van der Waals surface area contributed by atoms with Gasteiger partial charge in [-0.25, -0.2) is 0 Å².